The third-order valence-electron chi connectivity index (χ3n) is 2.61. The average Bonchev–Trinajstić information content (AvgIpc) is 2.72. The third kappa shape index (κ3) is 2.29. The molecule has 1 aromatic heterocycles. The Morgan fingerprint density at radius 1 is 1.44 bits per heavy atom. The number of carbonyl (C=O) groups is 1. The van der Waals surface area contributed by atoms with Gasteiger partial charge in [-0.3, -0.25) is 9.48 Å². The van der Waals surface area contributed by atoms with E-state index in [1.54, 1.807) is 17.7 Å². The highest BCUT2D eigenvalue weighted by molar-refractivity contribution is 6.34. The van der Waals surface area contributed by atoms with Crippen LogP contribution in [-0.2, 0) is 6.54 Å². The molecule has 1 heterocycles. The molecule has 0 aliphatic carbocycles. The van der Waals surface area contributed by atoms with E-state index < -0.39 is 5.82 Å². The summed E-state index contributed by atoms with van der Waals surface area (Å²) in [7, 11) is 0. The number of aromatic nitrogens is 2. The van der Waals surface area contributed by atoms with Crippen molar-refractivity contribution >= 4 is 17.4 Å². The molecule has 0 saturated heterocycles. The van der Waals surface area contributed by atoms with E-state index in [0.29, 0.717) is 12.2 Å². The van der Waals surface area contributed by atoms with Gasteiger partial charge in [0.2, 0.25) is 5.78 Å². The van der Waals surface area contributed by atoms with Crippen LogP contribution in [0.15, 0.2) is 24.3 Å². The lowest BCUT2D eigenvalue weighted by atomic mass is 10.1. The highest BCUT2D eigenvalue weighted by Crippen LogP contribution is 2.21. The minimum atomic E-state index is -0.484. The number of halogens is 2. The third-order valence-corrected chi connectivity index (χ3v) is 2.94. The number of benzene rings is 1. The monoisotopic (exact) mass is 266 g/mol. The van der Waals surface area contributed by atoms with Gasteiger partial charge in [0, 0.05) is 12.1 Å². The van der Waals surface area contributed by atoms with Crippen LogP contribution >= 0.6 is 11.6 Å². The van der Waals surface area contributed by atoms with Gasteiger partial charge < -0.3 is 0 Å². The summed E-state index contributed by atoms with van der Waals surface area (Å²) in [5.41, 5.74) is 1.32. The van der Waals surface area contributed by atoms with Gasteiger partial charge in [-0.25, -0.2) is 4.39 Å². The van der Waals surface area contributed by atoms with Gasteiger partial charge in [0.05, 0.1) is 10.7 Å². The Kier molecular flexibility index (Phi) is 3.48. The maximum absolute atomic E-state index is 13.2. The second-order valence-electron chi connectivity index (χ2n) is 3.94. The molecule has 0 aliphatic rings. The molecular weight excluding hydrogens is 255 g/mol. The molecule has 0 unspecified atom stereocenters. The van der Waals surface area contributed by atoms with Crippen LogP contribution in [-0.4, -0.2) is 15.6 Å². The highest BCUT2D eigenvalue weighted by atomic mass is 35.5. The van der Waals surface area contributed by atoms with Gasteiger partial charge in [-0.1, -0.05) is 11.6 Å². The standard InChI is InChI=1S/C13H12ClFN2O/c1-3-17-12(6-8(2)16-17)13(18)10-7-9(15)4-5-11(10)14/h4-7H,3H2,1-2H3. The number of carbonyl (C=O) groups excluding carboxylic acids is 1. The fourth-order valence-electron chi connectivity index (χ4n) is 1.78. The Labute approximate surface area is 109 Å². The first-order valence-electron chi connectivity index (χ1n) is 5.57. The molecule has 3 nitrogen and oxygen atoms in total. The molecule has 0 spiro atoms. The van der Waals surface area contributed by atoms with Crippen LogP contribution < -0.4 is 0 Å². The summed E-state index contributed by atoms with van der Waals surface area (Å²) in [6.07, 6.45) is 0. The van der Waals surface area contributed by atoms with Crippen molar-refractivity contribution in [3.05, 3.63) is 52.1 Å². The normalized spacial score (nSPS) is 10.7. The second-order valence-corrected chi connectivity index (χ2v) is 4.35. The average molecular weight is 267 g/mol. The fourth-order valence-corrected chi connectivity index (χ4v) is 1.98. The van der Waals surface area contributed by atoms with Crippen molar-refractivity contribution in [2.75, 3.05) is 0 Å². The van der Waals surface area contributed by atoms with E-state index in [9.17, 15) is 9.18 Å². The number of aryl methyl sites for hydroxylation is 2. The molecule has 0 aliphatic heterocycles. The predicted octanol–water partition coefficient (Wildman–Crippen LogP) is 3.23. The number of ketones is 1. The Bertz CT molecular complexity index is 607. The molecule has 1 aromatic carbocycles. The van der Waals surface area contributed by atoms with Crippen LogP contribution in [0.4, 0.5) is 4.39 Å². The topological polar surface area (TPSA) is 34.9 Å². The van der Waals surface area contributed by atoms with Gasteiger partial charge in [0.1, 0.15) is 11.5 Å². The zero-order valence-corrected chi connectivity index (χ0v) is 10.8. The number of nitrogens with zero attached hydrogens (tertiary/aromatic N) is 2. The maximum atomic E-state index is 13.2. The molecule has 5 heteroatoms. The largest absolute Gasteiger partial charge is 0.287 e. The van der Waals surface area contributed by atoms with Gasteiger partial charge >= 0.3 is 0 Å². The molecule has 2 rings (SSSR count). The van der Waals surface area contributed by atoms with Crippen molar-refractivity contribution in [3.8, 4) is 0 Å². The fraction of sp³-hybridized carbons (Fsp3) is 0.231. The van der Waals surface area contributed by atoms with Gasteiger partial charge in [-0.15, -0.1) is 0 Å². The Morgan fingerprint density at radius 3 is 2.83 bits per heavy atom. The molecule has 0 amide bonds. The van der Waals surface area contributed by atoms with Crippen molar-refractivity contribution in [3.63, 3.8) is 0 Å². The predicted molar refractivity (Wildman–Crippen MR) is 67.5 cm³/mol. The summed E-state index contributed by atoms with van der Waals surface area (Å²) < 4.78 is 14.8. The van der Waals surface area contributed by atoms with Gasteiger partial charge in [0.15, 0.2) is 0 Å². The smallest absolute Gasteiger partial charge is 0.212 e. The SMILES string of the molecule is CCn1nc(C)cc1C(=O)c1cc(F)ccc1Cl. The minimum absolute atomic E-state index is 0.159. The molecule has 0 N–H and O–H groups in total. The lowest BCUT2D eigenvalue weighted by Gasteiger charge is -2.05. The molecule has 18 heavy (non-hydrogen) atoms. The first-order chi connectivity index (χ1) is 8.52. The lowest BCUT2D eigenvalue weighted by molar-refractivity contribution is 0.102. The van der Waals surface area contributed by atoms with Crippen molar-refractivity contribution in [2.24, 2.45) is 0 Å². The summed E-state index contributed by atoms with van der Waals surface area (Å²) in [5.74, 6) is -0.802. The zero-order chi connectivity index (χ0) is 13.3. The molecule has 0 saturated carbocycles. The van der Waals surface area contributed by atoms with E-state index in [-0.39, 0.29) is 16.4 Å². The highest BCUT2D eigenvalue weighted by Gasteiger charge is 2.18. The molecule has 0 atom stereocenters. The van der Waals surface area contributed by atoms with Crippen molar-refractivity contribution in [1.82, 2.24) is 9.78 Å². The number of rotatable bonds is 3. The van der Waals surface area contributed by atoms with Crippen LogP contribution in [0.25, 0.3) is 0 Å². The van der Waals surface area contributed by atoms with Crippen LogP contribution in [0.1, 0.15) is 28.7 Å². The lowest BCUT2D eigenvalue weighted by Crippen LogP contribution is -2.11. The summed E-state index contributed by atoms with van der Waals surface area (Å²) in [6.45, 7) is 4.26. The van der Waals surface area contributed by atoms with E-state index in [1.165, 1.54) is 12.1 Å². The molecule has 94 valence electrons. The Morgan fingerprint density at radius 2 is 2.17 bits per heavy atom. The van der Waals surface area contributed by atoms with Crippen LogP contribution in [0.2, 0.25) is 5.02 Å². The summed E-state index contributed by atoms with van der Waals surface area (Å²) in [4.78, 5) is 12.3. The first-order valence-corrected chi connectivity index (χ1v) is 5.95. The second kappa shape index (κ2) is 4.90. The minimum Gasteiger partial charge on any atom is -0.287 e. The van der Waals surface area contributed by atoms with Crippen LogP contribution in [0.5, 0.6) is 0 Å². The Balaban J connectivity index is 2.50. The summed E-state index contributed by atoms with van der Waals surface area (Å²) >= 11 is 5.93. The molecule has 2 aromatic rings. The quantitative estimate of drug-likeness (QED) is 0.800. The van der Waals surface area contributed by atoms with E-state index in [1.807, 2.05) is 6.92 Å². The van der Waals surface area contributed by atoms with Crippen molar-refractivity contribution < 1.29 is 9.18 Å². The van der Waals surface area contributed by atoms with Gasteiger partial charge in [0.25, 0.3) is 0 Å². The summed E-state index contributed by atoms with van der Waals surface area (Å²) in [6, 6.07) is 5.42. The molecule has 0 radical (unpaired) electrons. The van der Waals surface area contributed by atoms with Crippen molar-refractivity contribution in [2.45, 2.75) is 20.4 Å². The zero-order valence-electron chi connectivity index (χ0n) is 10.1. The van der Waals surface area contributed by atoms with E-state index in [0.717, 1.165) is 11.8 Å². The van der Waals surface area contributed by atoms with Crippen LogP contribution in [0, 0.1) is 12.7 Å². The molecule has 0 bridgehead atoms. The number of hydrogen-bond acceptors (Lipinski definition) is 2. The Hall–Kier alpha value is -1.68. The first kappa shape index (κ1) is 12.8. The van der Waals surface area contributed by atoms with Crippen molar-refractivity contribution in [1.29, 1.82) is 0 Å². The molecule has 0 fully saturated rings. The van der Waals surface area contributed by atoms with Gasteiger partial charge in [-0.2, -0.15) is 5.10 Å². The van der Waals surface area contributed by atoms with Crippen LogP contribution in [0.3, 0.4) is 0 Å². The van der Waals surface area contributed by atoms with E-state index in [2.05, 4.69) is 5.10 Å². The van der Waals surface area contributed by atoms with E-state index >= 15 is 0 Å². The maximum Gasteiger partial charge on any atom is 0.212 e. The molecular formula is C13H12ClFN2O. The summed E-state index contributed by atoms with van der Waals surface area (Å²) in [5, 5.41) is 4.43. The number of hydrogen-bond donors (Lipinski definition) is 0. The van der Waals surface area contributed by atoms with Gasteiger partial charge in [-0.05, 0) is 38.1 Å². The van der Waals surface area contributed by atoms with E-state index in [4.69, 9.17) is 11.6 Å².